The van der Waals surface area contributed by atoms with Crippen LogP contribution in [0.4, 0.5) is 0 Å². The zero-order chi connectivity index (χ0) is 12.4. The molecule has 3 rings (SSSR count). The van der Waals surface area contributed by atoms with E-state index in [0.717, 1.165) is 37.4 Å². The Hall–Kier alpha value is -0.630. The maximum atomic E-state index is 6.03. The highest BCUT2D eigenvalue weighted by Gasteiger charge is 2.43. The molecule has 0 saturated carbocycles. The van der Waals surface area contributed by atoms with E-state index in [-0.39, 0.29) is 11.6 Å². The predicted octanol–water partition coefficient (Wildman–Crippen LogP) is 0.611. The monoisotopic (exact) mass is 269 g/mol. The summed E-state index contributed by atoms with van der Waals surface area (Å²) >= 11 is 1.99. The highest BCUT2D eigenvalue weighted by Crippen LogP contribution is 2.43. The number of hydrogen-bond acceptors (Lipinski definition) is 6. The van der Waals surface area contributed by atoms with Gasteiger partial charge >= 0.3 is 0 Å². The lowest BCUT2D eigenvalue weighted by atomic mass is 9.81. The van der Waals surface area contributed by atoms with Gasteiger partial charge in [0.2, 0.25) is 0 Å². The Bertz CT molecular complexity index is 379. The summed E-state index contributed by atoms with van der Waals surface area (Å²) in [5.41, 5.74) is 2.96. The molecule has 1 aromatic rings. The smallest absolute Gasteiger partial charge is 0.143 e. The molecular formula is C11H19N5OS. The van der Waals surface area contributed by atoms with Crippen LogP contribution in [-0.4, -0.2) is 38.9 Å². The van der Waals surface area contributed by atoms with Gasteiger partial charge in [-0.1, -0.05) is 0 Å². The topological polar surface area (TPSA) is 88.9 Å². The van der Waals surface area contributed by atoms with Crippen LogP contribution in [0.5, 0.6) is 0 Å². The van der Waals surface area contributed by atoms with Gasteiger partial charge in [-0.2, -0.15) is 16.9 Å². The summed E-state index contributed by atoms with van der Waals surface area (Å²) in [5, 5.41) is 6.82. The summed E-state index contributed by atoms with van der Waals surface area (Å²) < 4.78 is 6.03. The summed E-state index contributed by atoms with van der Waals surface area (Å²) in [5.74, 6) is 9.29. The lowest BCUT2D eigenvalue weighted by molar-refractivity contribution is -0.0858. The number of nitrogens with zero attached hydrogens (tertiary/aromatic N) is 2. The number of thioether (sulfide) groups is 1. The summed E-state index contributed by atoms with van der Waals surface area (Å²) in [4.78, 5) is 4.22. The van der Waals surface area contributed by atoms with Crippen LogP contribution >= 0.6 is 11.8 Å². The number of ether oxygens (including phenoxy) is 1. The number of aromatic nitrogens is 3. The Balaban J connectivity index is 1.74. The molecule has 3 atom stereocenters. The number of nitrogens with two attached hydrogens (primary N) is 1. The minimum atomic E-state index is 0.0406. The second-order valence-electron chi connectivity index (χ2n) is 5.10. The molecule has 7 heteroatoms. The fourth-order valence-corrected chi connectivity index (χ4v) is 4.39. The molecule has 2 fully saturated rings. The van der Waals surface area contributed by atoms with Crippen molar-refractivity contribution < 1.29 is 4.74 Å². The van der Waals surface area contributed by atoms with Crippen LogP contribution in [0.25, 0.3) is 0 Å². The van der Waals surface area contributed by atoms with Crippen molar-refractivity contribution in [2.45, 2.75) is 30.9 Å². The number of aromatic amines is 1. The Kier molecular flexibility index (Phi) is 3.56. The molecule has 0 aliphatic carbocycles. The van der Waals surface area contributed by atoms with E-state index in [0.29, 0.717) is 5.92 Å². The van der Waals surface area contributed by atoms with Gasteiger partial charge in [0.1, 0.15) is 12.2 Å². The van der Waals surface area contributed by atoms with Crippen molar-refractivity contribution in [2.75, 3.05) is 18.1 Å². The molecule has 0 amide bonds. The second kappa shape index (κ2) is 5.16. The summed E-state index contributed by atoms with van der Waals surface area (Å²) in [6.45, 7) is 0.817. The highest BCUT2D eigenvalue weighted by atomic mass is 32.2. The third-order valence-electron chi connectivity index (χ3n) is 3.98. The van der Waals surface area contributed by atoms with Gasteiger partial charge in [-0.05, 0) is 30.9 Å². The van der Waals surface area contributed by atoms with E-state index in [1.165, 1.54) is 12.1 Å². The average molecular weight is 269 g/mol. The molecule has 0 aromatic carbocycles. The molecule has 3 heterocycles. The van der Waals surface area contributed by atoms with Crippen LogP contribution in [0, 0.1) is 5.92 Å². The molecular weight excluding hydrogens is 250 g/mol. The molecule has 0 radical (unpaired) electrons. The largest absolute Gasteiger partial charge is 0.374 e. The van der Waals surface area contributed by atoms with Crippen LogP contribution < -0.4 is 11.3 Å². The van der Waals surface area contributed by atoms with Gasteiger partial charge in [-0.25, -0.2) is 10.4 Å². The quantitative estimate of drug-likeness (QED) is 0.550. The third-order valence-corrected chi connectivity index (χ3v) is 5.20. The van der Waals surface area contributed by atoms with Crippen molar-refractivity contribution in [1.29, 1.82) is 0 Å². The summed E-state index contributed by atoms with van der Waals surface area (Å²) in [6.07, 6.45) is 4.75. The van der Waals surface area contributed by atoms with E-state index in [1.54, 1.807) is 0 Å². The number of H-pyrrole nitrogens is 1. The van der Waals surface area contributed by atoms with Crippen molar-refractivity contribution in [3.8, 4) is 0 Å². The minimum Gasteiger partial charge on any atom is -0.374 e. The van der Waals surface area contributed by atoms with Crippen molar-refractivity contribution in [3.05, 3.63) is 12.2 Å². The van der Waals surface area contributed by atoms with Crippen LogP contribution in [0.15, 0.2) is 6.33 Å². The zero-order valence-corrected chi connectivity index (χ0v) is 11.1. The molecule has 4 N–H and O–H groups in total. The first kappa shape index (κ1) is 12.4. The SMILES string of the molecule is NNC(c1ncn[nH]1)C1CCOC2(CCSC2)C1. The van der Waals surface area contributed by atoms with Crippen molar-refractivity contribution in [1.82, 2.24) is 20.6 Å². The highest BCUT2D eigenvalue weighted by molar-refractivity contribution is 7.99. The number of nitrogens with one attached hydrogen (secondary N) is 2. The summed E-state index contributed by atoms with van der Waals surface area (Å²) in [6, 6.07) is 0.0406. The van der Waals surface area contributed by atoms with Crippen molar-refractivity contribution in [3.63, 3.8) is 0 Å². The van der Waals surface area contributed by atoms with Gasteiger partial charge in [-0.3, -0.25) is 10.9 Å². The molecule has 18 heavy (non-hydrogen) atoms. The van der Waals surface area contributed by atoms with E-state index >= 15 is 0 Å². The summed E-state index contributed by atoms with van der Waals surface area (Å²) in [7, 11) is 0. The molecule has 1 spiro atoms. The molecule has 100 valence electrons. The Labute approximate surface area is 110 Å². The van der Waals surface area contributed by atoms with Crippen LogP contribution in [0.3, 0.4) is 0 Å². The lowest BCUT2D eigenvalue weighted by Gasteiger charge is -2.40. The lowest BCUT2D eigenvalue weighted by Crippen LogP contribution is -2.45. The fraction of sp³-hybridized carbons (Fsp3) is 0.818. The normalized spacial score (nSPS) is 33.9. The van der Waals surface area contributed by atoms with E-state index in [4.69, 9.17) is 10.6 Å². The molecule has 6 nitrogen and oxygen atoms in total. The number of hydrogen-bond donors (Lipinski definition) is 3. The van der Waals surface area contributed by atoms with Gasteiger partial charge in [0.05, 0.1) is 11.6 Å². The standard InChI is InChI=1S/C11H19N5OS/c12-15-9(10-13-7-14-16-10)8-1-3-17-11(5-8)2-4-18-6-11/h7-9,15H,1-6,12H2,(H,13,14,16). The Morgan fingerprint density at radius 1 is 1.67 bits per heavy atom. The molecule has 2 aliphatic rings. The second-order valence-corrected chi connectivity index (χ2v) is 6.21. The molecule has 0 bridgehead atoms. The Morgan fingerprint density at radius 2 is 2.61 bits per heavy atom. The van der Waals surface area contributed by atoms with Crippen LogP contribution in [0.2, 0.25) is 0 Å². The molecule has 1 aromatic heterocycles. The fourth-order valence-electron chi connectivity index (χ4n) is 3.02. The minimum absolute atomic E-state index is 0.0406. The van der Waals surface area contributed by atoms with E-state index < -0.39 is 0 Å². The molecule has 3 unspecified atom stereocenters. The maximum Gasteiger partial charge on any atom is 0.143 e. The number of rotatable bonds is 3. The predicted molar refractivity (Wildman–Crippen MR) is 69.8 cm³/mol. The van der Waals surface area contributed by atoms with Gasteiger partial charge in [-0.15, -0.1) is 0 Å². The van der Waals surface area contributed by atoms with Crippen LogP contribution in [-0.2, 0) is 4.74 Å². The van der Waals surface area contributed by atoms with Crippen molar-refractivity contribution >= 4 is 11.8 Å². The average Bonchev–Trinajstić information content (AvgIpc) is 3.03. The van der Waals surface area contributed by atoms with Crippen molar-refractivity contribution in [2.24, 2.45) is 11.8 Å². The number of hydrazine groups is 1. The van der Waals surface area contributed by atoms with Gasteiger partial charge < -0.3 is 4.74 Å². The van der Waals surface area contributed by atoms with E-state index in [2.05, 4.69) is 20.6 Å². The Morgan fingerprint density at radius 3 is 3.28 bits per heavy atom. The third kappa shape index (κ3) is 2.27. The molecule has 2 aliphatic heterocycles. The first-order valence-corrected chi connectivity index (χ1v) is 7.51. The van der Waals surface area contributed by atoms with Gasteiger partial charge in [0, 0.05) is 12.4 Å². The molecule has 2 saturated heterocycles. The van der Waals surface area contributed by atoms with E-state index in [1.807, 2.05) is 11.8 Å². The van der Waals surface area contributed by atoms with Gasteiger partial charge in [0.15, 0.2) is 0 Å². The van der Waals surface area contributed by atoms with E-state index in [9.17, 15) is 0 Å². The maximum absolute atomic E-state index is 6.03. The van der Waals surface area contributed by atoms with Crippen LogP contribution in [0.1, 0.15) is 31.1 Å². The first-order valence-electron chi connectivity index (χ1n) is 6.36. The van der Waals surface area contributed by atoms with Gasteiger partial charge in [0.25, 0.3) is 0 Å². The zero-order valence-electron chi connectivity index (χ0n) is 10.3. The first-order chi connectivity index (χ1) is 8.83.